The fraction of sp³-hybridized carbons (Fsp3) is 0.750. The average Bonchev–Trinajstić information content (AvgIpc) is 2.70. The molecule has 0 aromatic heterocycles. The zero-order valence-electron chi connectivity index (χ0n) is 10.9. The van der Waals surface area contributed by atoms with Crippen molar-refractivity contribution >= 4 is 17.8 Å². The smallest absolute Gasteiger partial charge is 0.326 e. The normalized spacial score (nSPS) is 22.7. The second-order valence-corrected chi connectivity index (χ2v) is 4.64. The molecule has 0 radical (unpaired) electrons. The van der Waals surface area contributed by atoms with Crippen molar-refractivity contribution in [2.24, 2.45) is 11.8 Å². The number of carbonyl (C=O) groups is 3. The summed E-state index contributed by atoms with van der Waals surface area (Å²) in [5.74, 6) is -2.48. The second kappa shape index (κ2) is 5.84. The highest BCUT2D eigenvalue weighted by atomic mass is 16.5. The number of carbonyl (C=O) groups excluding carboxylic acids is 2. The van der Waals surface area contributed by atoms with E-state index in [0.29, 0.717) is 6.42 Å². The van der Waals surface area contributed by atoms with E-state index in [1.807, 2.05) is 6.92 Å². The minimum atomic E-state index is -1.02. The largest absolute Gasteiger partial charge is 0.480 e. The summed E-state index contributed by atoms with van der Waals surface area (Å²) in [7, 11) is 1.26. The minimum absolute atomic E-state index is 0.0346. The molecule has 0 bridgehead atoms. The molecule has 1 aliphatic rings. The molecule has 0 aromatic carbocycles. The van der Waals surface area contributed by atoms with E-state index in [4.69, 9.17) is 0 Å². The van der Waals surface area contributed by atoms with Crippen molar-refractivity contribution in [1.29, 1.82) is 0 Å². The number of amides is 1. The van der Waals surface area contributed by atoms with Crippen LogP contribution in [-0.4, -0.2) is 47.5 Å². The van der Waals surface area contributed by atoms with Gasteiger partial charge in [0, 0.05) is 13.0 Å². The lowest BCUT2D eigenvalue weighted by Crippen LogP contribution is -2.46. The number of aliphatic carboxylic acids is 1. The maximum atomic E-state index is 11.8. The van der Waals surface area contributed by atoms with Gasteiger partial charge in [-0.15, -0.1) is 0 Å². The van der Waals surface area contributed by atoms with Gasteiger partial charge in [-0.2, -0.15) is 0 Å². The molecule has 6 nitrogen and oxygen atoms in total. The van der Waals surface area contributed by atoms with Crippen LogP contribution < -0.4 is 0 Å². The number of hydrogen-bond acceptors (Lipinski definition) is 4. The number of nitrogens with zero attached hydrogens (tertiary/aromatic N) is 1. The fourth-order valence-electron chi connectivity index (χ4n) is 2.23. The summed E-state index contributed by atoms with van der Waals surface area (Å²) >= 11 is 0. The first-order chi connectivity index (χ1) is 8.42. The lowest BCUT2D eigenvalue weighted by Gasteiger charge is -2.28. The molecule has 0 spiro atoms. The highest BCUT2D eigenvalue weighted by molar-refractivity contribution is 5.90. The molecular weight excluding hydrogens is 238 g/mol. The summed E-state index contributed by atoms with van der Waals surface area (Å²) in [6, 6.07) is -0.864. The van der Waals surface area contributed by atoms with Crippen LogP contribution in [0.1, 0.15) is 26.7 Å². The maximum absolute atomic E-state index is 11.8. The first kappa shape index (κ1) is 14.5. The molecule has 1 N–H and O–H groups in total. The highest BCUT2D eigenvalue weighted by Crippen LogP contribution is 2.25. The zero-order chi connectivity index (χ0) is 13.9. The predicted octanol–water partition coefficient (Wildman–Crippen LogP) is 0.507. The Hall–Kier alpha value is -1.59. The van der Waals surface area contributed by atoms with Crippen molar-refractivity contribution in [2.75, 3.05) is 13.7 Å². The highest BCUT2D eigenvalue weighted by Gasteiger charge is 2.42. The summed E-state index contributed by atoms with van der Waals surface area (Å²) in [4.78, 5) is 35.8. The van der Waals surface area contributed by atoms with Crippen molar-refractivity contribution in [3.8, 4) is 0 Å². The molecule has 18 heavy (non-hydrogen) atoms. The molecule has 3 atom stereocenters. The van der Waals surface area contributed by atoms with Gasteiger partial charge in [0.15, 0.2) is 0 Å². The molecule has 1 heterocycles. The van der Waals surface area contributed by atoms with Crippen LogP contribution in [0.3, 0.4) is 0 Å². The number of rotatable bonds is 5. The van der Waals surface area contributed by atoms with Crippen LogP contribution in [0, 0.1) is 11.8 Å². The van der Waals surface area contributed by atoms with E-state index < -0.39 is 23.9 Å². The first-order valence-corrected chi connectivity index (χ1v) is 6.02. The Kier molecular flexibility index (Phi) is 4.69. The number of hydrogen-bond donors (Lipinski definition) is 1. The number of ether oxygens (including phenoxy) is 1. The molecule has 0 saturated carbocycles. The number of methoxy groups -OCH3 is 1. The lowest BCUT2D eigenvalue weighted by atomic mass is 9.98. The Bertz CT molecular complexity index is 354. The zero-order valence-corrected chi connectivity index (χ0v) is 10.9. The lowest BCUT2D eigenvalue weighted by molar-refractivity contribution is -0.151. The summed E-state index contributed by atoms with van der Waals surface area (Å²) < 4.78 is 4.59. The number of likely N-dealkylation sites (tertiary alicyclic amines) is 1. The van der Waals surface area contributed by atoms with E-state index in [-0.39, 0.29) is 24.8 Å². The molecular formula is C12H19NO5. The van der Waals surface area contributed by atoms with Gasteiger partial charge in [-0.05, 0) is 5.92 Å². The van der Waals surface area contributed by atoms with E-state index in [1.54, 1.807) is 6.92 Å². The van der Waals surface area contributed by atoms with Crippen LogP contribution in [0.4, 0.5) is 0 Å². The third-order valence-corrected chi connectivity index (χ3v) is 3.46. The molecule has 1 rings (SSSR count). The molecule has 1 amide bonds. The fourth-order valence-corrected chi connectivity index (χ4v) is 2.23. The van der Waals surface area contributed by atoms with Gasteiger partial charge in [-0.3, -0.25) is 9.59 Å². The molecule has 6 heteroatoms. The number of esters is 1. The summed E-state index contributed by atoms with van der Waals surface area (Å²) in [5, 5.41) is 9.22. The van der Waals surface area contributed by atoms with Gasteiger partial charge >= 0.3 is 11.9 Å². The van der Waals surface area contributed by atoms with Crippen molar-refractivity contribution in [1.82, 2.24) is 4.90 Å². The summed E-state index contributed by atoms with van der Waals surface area (Å²) in [6.07, 6.45) is 0.691. The van der Waals surface area contributed by atoms with Crippen molar-refractivity contribution in [2.45, 2.75) is 32.7 Å². The Labute approximate surface area is 106 Å². The summed E-state index contributed by atoms with van der Waals surface area (Å²) in [6.45, 7) is 3.79. The van der Waals surface area contributed by atoms with Gasteiger partial charge in [0.25, 0.3) is 0 Å². The maximum Gasteiger partial charge on any atom is 0.326 e. The van der Waals surface area contributed by atoms with Crippen molar-refractivity contribution < 1.29 is 24.2 Å². The molecule has 102 valence electrons. The van der Waals surface area contributed by atoms with E-state index in [9.17, 15) is 19.5 Å². The Morgan fingerprint density at radius 2 is 2.17 bits per heavy atom. The van der Waals surface area contributed by atoms with E-state index in [0.717, 1.165) is 0 Å². The van der Waals surface area contributed by atoms with Crippen LogP contribution >= 0.6 is 0 Å². The molecule has 0 aromatic rings. The van der Waals surface area contributed by atoms with Gasteiger partial charge < -0.3 is 14.7 Å². The predicted molar refractivity (Wildman–Crippen MR) is 62.7 cm³/mol. The third kappa shape index (κ3) is 2.80. The first-order valence-electron chi connectivity index (χ1n) is 6.02. The van der Waals surface area contributed by atoms with Crippen molar-refractivity contribution in [3.05, 3.63) is 0 Å². The van der Waals surface area contributed by atoms with Gasteiger partial charge in [-0.25, -0.2) is 4.79 Å². The van der Waals surface area contributed by atoms with E-state index in [2.05, 4.69) is 4.74 Å². The monoisotopic (exact) mass is 257 g/mol. The van der Waals surface area contributed by atoms with Gasteiger partial charge in [0.05, 0.1) is 13.0 Å². The van der Waals surface area contributed by atoms with Crippen LogP contribution in [0.15, 0.2) is 0 Å². The second-order valence-electron chi connectivity index (χ2n) is 4.64. The Morgan fingerprint density at radius 1 is 1.56 bits per heavy atom. The molecule has 0 aliphatic carbocycles. The van der Waals surface area contributed by atoms with Crippen LogP contribution in [0.5, 0.6) is 0 Å². The number of carboxylic acids is 1. The van der Waals surface area contributed by atoms with Crippen molar-refractivity contribution in [3.63, 3.8) is 0 Å². The summed E-state index contributed by atoms with van der Waals surface area (Å²) in [5.41, 5.74) is 0. The molecule has 3 unspecified atom stereocenters. The third-order valence-electron chi connectivity index (χ3n) is 3.46. The van der Waals surface area contributed by atoms with E-state index >= 15 is 0 Å². The quantitative estimate of drug-likeness (QED) is 0.725. The Balaban J connectivity index is 2.85. The molecule has 1 saturated heterocycles. The van der Waals surface area contributed by atoms with Gasteiger partial charge in [0.2, 0.25) is 5.91 Å². The van der Waals surface area contributed by atoms with Crippen LogP contribution in [0.2, 0.25) is 0 Å². The van der Waals surface area contributed by atoms with Gasteiger partial charge in [0.1, 0.15) is 6.04 Å². The van der Waals surface area contributed by atoms with Crippen LogP contribution in [-0.2, 0) is 19.1 Å². The SMILES string of the molecule is CCC(C)C(C(=O)O)N1CC(C(=O)OC)CC1=O. The Morgan fingerprint density at radius 3 is 2.61 bits per heavy atom. The topological polar surface area (TPSA) is 83.9 Å². The van der Waals surface area contributed by atoms with E-state index in [1.165, 1.54) is 12.0 Å². The average molecular weight is 257 g/mol. The molecule has 1 aliphatic heterocycles. The number of carboxylic acid groups (broad SMARTS) is 1. The van der Waals surface area contributed by atoms with Crippen LogP contribution in [0.25, 0.3) is 0 Å². The minimum Gasteiger partial charge on any atom is -0.480 e. The standard InChI is InChI=1S/C12H19NO5/c1-4-7(2)10(11(15)16)13-6-8(5-9(13)14)12(17)18-3/h7-8,10H,4-6H2,1-3H3,(H,15,16). The molecule has 1 fully saturated rings. The van der Waals surface area contributed by atoms with Gasteiger partial charge in [-0.1, -0.05) is 20.3 Å².